The van der Waals surface area contributed by atoms with Gasteiger partial charge in [0.15, 0.2) is 33.3 Å². The lowest BCUT2D eigenvalue weighted by molar-refractivity contribution is 0.185. The number of rotatable bonds is 12. The maximum atomic E-state index is 6.77. The zero-order chi connectivity index (χ0) is 22.7. The predicted molar refractivity (Wildman–Crippen MR) is 136 cm³/mol. The van der Waals surface area contributed by atoms with Gasteiger partial charge in [-0.15, -0.1) is 0 Å². The van der Waals surface area contributed by atoms with E-state index in [9.17, 15) is 0 Å². The SMILES string of the molecule is CC=CC[Si](C)(C)O[Si](C)(O[Si](C)(C)C)O[Si](C)(O[Si](C)(C)C)O[Si](C)(C)C. The first-order valence-corrected chi connectivity index (χ1v) is 28.0. The highest BCUT2D eigenvalue weighted by molar-refractivity contribution is 6.92. The van der Waals surface area contributed by atoms with Crippen LogP contribution < -0.4 is 0 Å². The van der Waals surface area contributed by atoms with Gasteiger partial charge in [-0.3, -0.25) is 0 Å². The van der Waals surface area contributed by atoms with Crippen LogP contribution in [0.2, 0.25) is 91.2 Å². The zero-order valence-electron chi connectivity index (χ0n) is 20.9. The zero-order valence-corrected chi connectivity index (χ0v) is 26.9. The summed E-state index contributed by atoms with van der Waals surface area (Å²) in [4.78, 5) is 0. The fourth-order valence-corrected chi connectivity index (χ4v) is 27.5. The first-order valence-electron chi connectivity index (χ1n) is 10.2. The number of hydrogen-bond donors (Lipinski definition) is 0. The van der Waals surface area contributed by atoms with Gasteiger partial charge in [-0.1, -0.05) is 12.2 Å². The molecule has 5 nitrogen and oxygen atoms in total. The molecular weight excluding hydrogens is 453 g/mol. The molecule has 0 rings (SSSR count). The second kappa shape index (κ2) is 9.98. The Balaban J connectivity index is 5.95. The molecule has 0 aliphatic heterocycles. The summed E-state index contributed by atoms with van der Waals surface area (Å²) in [7, 11) is -13.5. The summed E-state index contributed by atoms with van der Waals surface area (Å²) in [5, 5.41) is 0. The smallest absolute Gasteiger partial charge is 0.417 e. The van der Waals surface area contributed by atoms with Gasteiger partial charge in [0.05, 0.1) is 0 Å². The molecule has 168 valence electrons. The van der Waals surface area contributed by atoms with Gasteiger partial charge in [0.25, 0.3) is 0 Å². The maximum absolute atomic E-state index is 6.77. The van der Waals surface area contributed by atoms with E-state index >= 15 is 0 Å². The van der Waals surface area contributed by atoms with Gasteiger partial charge in [0, 0.05) is 13.1 Å². The third-order valence-corrected chi connectivity index (χ3v) is 22.8. The van der Waals surface area contributed by atoms with Crippen molar-refractivity contribution in [3.05, 3.63) is 12.2 Å². The Morgan fingerprint density at radius 1 is 0.500 bits per heavy atom. The van der Waals surface area contributed by atoms with Crippen molar-refractivity contribution in [2.45, 2.75) is 98.1 Å². The molecule has 0 aliphatic carbocycles. The topological polar surface area (TPSA) is 46.2 Å². The Morgan fingerprint density at radius 2 is 0.821 bits per heavy atom. The van der Waals surface area contributed by atoms with Crippen molar-refractivity contribution in [1.82, 2.24) is 0 Å². The van der Waals surface area contributed by atoms with E-state index in [4.69, 9.17) is 20.6 Å². The Bertz CT molecular complexity index is 506. The lowest BCUT2D eigenvalue weighted by Crippen LogP contribution is -2.65. The minimum atomic E-state index is -2.96. The van der Waals surface area contributed by atoms with Crippen LogP contribution in [-0.2, 0) is 20.6 Å². The van der Waals surface area contributed by atoms with Crippen molar-refractivity contribution in [3.63, 3.8) is 0 Å². The van der Waals surface area contributed by atoms with Crippen LogP contribution in [0.15, 0.2) is 12.2 Å². The molecule has 0 saturated carbocycles. The van der Waals surface area contributed by atoms with Crippen LogP contribution in [-0.4, -0.2) is 50.9 Å². The molecule has 0 aromatic heterocycles. The van der Waals surface area contributed by atoms with Gasteiger partial charge in [-0.05, 0) is 85.0 Å². The summed E-state index contributed by atoms with van der Waals surface area (Å²) in [5.74, 6) is 0. The average Bonchev–Trinajstić information content (AvgIpc) is 2.26. The molecule has 11 heteroatoms. The van der Waals surface area contributed by atoms with E-state index in [0.29, 0.717) is 0 Å². The Hall–Kier alpha value is 0.841. The van der Waals surface area contributed by atoms with E-state index in [1.807, 2.05) is 20.0 Å². The monoisotopic (exact) mass is 498 g/mol. The summed E-state index contributed by atoms with van der Waals surface area (Å²) < 4.78 is 33.3. The lowest BCUT2D eigenvalue weighted by atomic mass is 10.6. The number of allylic oxidation sites excluding steroid dienone is 2. The summed E-state index contributed by atoms with van der Waals surface area (Å²) in [5.41, 5.74) is 0. The first kappa shape index (κ1) is 28.8. The van der Waals surface area contributed by atoms with Crippen LogP contribution >= 0.6 is 0 Å². The third kappa shape index (κ3) is 14.0. The van der Waals surface area contributed by atoms with E-state index in [-0.39, 0.29) is 0 Å². The molecule has 0 aromatic carbocycles. The molecule has 1 atom stereocenters. The van der Waals surface area contributed by atoms with Crippen LogP contribution in [0.3, 0.4) is 0 Å². The van der Waals surface area contributed by atoms with E-state index < -0.39 is 50.9 Å². The van der Waals surface area contributed by atoms with Crippen molar-refractivity contribution in [2.24, 2.45) is 0 Å². The van der Waals surface area contributed by atoms with E-state index in [0.717, 1.165) is 6.04 Å². The molecule has 28 heavy (non-hydrogen) atoms. The molecule has 0 aromatic rings. The summed E-state index contributed by atoms with van der Waals surface area (Å²) in [6, 6.07) is 0.937. The molecular formula is C17H46O5Si6. The van der Waals surface area contributed by atoms with E-state index in [1.165, 1.54) is 0 Å². The fourth-order valence-electron chi connectivity index (χ4n) is 3.08. The first-order chi connectivity index (χ1) is 12.1. The van der Waals surface area contributed by atoms with Crippen LogP contribution in [0.25, 0.3) is 0 Å². The van der Waals surface area contributed by atoms with Crippen molar-refractivity contribution < 1.29 is 20.6 Å². The Kier molecular flexibility index (Phi) is 10.3. The van der Waals surface area contributed by atoms with Crippen LogP contribution in [0.1, 0.15) is 6.92 Å². The van der Waals surface area contributed by atoms with Gasteiger partial charge in [0.2, 0.25) is 0 Å². The van der Waals surface area contributed by atoms with Gasteiger partial charge in [-0.2, -0.15) is 0 Å². The van der Waals surface area contributed by atoms with Gasteiger partial charge in [-0.25, -0.2) is 0 Å². The largest absolute Gasteiger partial charge is 0.469 e. The third-order valence-electron chi connectivity index (χ3n) is 3.15. The molecule has 0 spiro atoms. The highest BCUT2D eigenvalue weighted by Gasteiger charge is 2.54. The van der Waals surface area contributed by atoms with Gasteiger partial charge in [0.1, 0.15) is 0 Å². The molecule has 0 aliphatic rings. The normalized spacial score (nSPS) is 17.2. The van der Waals surface area contributed by atoms with Gasteiger partial charge >= 0.3 is 17.6 Å². The molecule has 0 radical (unpaired) electrons. The molecule has 0 amide bonds. The second-order valence-electron chi connectivity index (χ2n) is 11.1. The predicted octanol–water partition coefficient (Wildman–Crippen LogP) is 6.49. The van der Waals surface area contributed by atoms with Crippen molar-refractivity contribution in [2.75, 3.05) is 0 Å². The molecule has 0 N–H and O–H groups in total. The summed E-state index contributed by atoms with van der Waals surface area (Å²) >= 11 is 0. The van der Waals surface area contributed by atoms with Crippen molar-refractivity contribution >= 4 is 50.9 Å². The highest BCUT2D eigenvalue weighted by atomic mass is 28.5. The molecule has 0 heterocycles. The summed E-state index contributed by atoms with van der Waals surface area (Å²) in [6.45, 7) is 30.2. The van der Waals surface area contributed by atoms with E-state index in [2.05, 4.69) is 84.2 Å². The quantitative estimate of drug-likeness (QED) is 0.227. The molecule has 0 bridgehead atoms. The minimum absolute atomic E-state index is 0.937. The van der Waals surface area contributed by atoms with Gasteiger partial charge < -0.3 is 20.6 Å². The average molecular weight is 499 g/mol. The van der Waals surface area contributed by atoms with Crippen molar-refractivity contribution in [1.29, 1.82) is 0 Å². The van der Waals surface area contributed by atoms with Crippen LogP contribution in [0, 0.1) is 0 Å². The summed E-state index contributed by atoms with van der Waals surface area (Å²) in [6.07, 6.45) is 4.27. The Labute approximate surface area is 181 Å². The fraction of sp³-hybridized carbons (Fsp3) is 0.882. The number of hydrogen-bond acceptors (Lipinski definition) is 5. The Morgan fingerprint density at radius 3 is 1.11 bits per heavy atom. The van der Waals surface area contributed by atoms with Crippen molar-refractivity contribution in [3.8, 4) is 0 Å². The molecule has 0 fully saturated rings. The maximum Gasteiger partial charge on any atom is 0.469 e. The van der Waals surface area contributed by atoms with Crippen LogP contribution in [0.4, 0.5) is 0 Å². The molecule has 1 unspecified atom stereocenters. The lowest BCUT2D eigenvalue weighted by Gasteiger charge is -2.45. The standard InChI is InChI=1S/C17H46O5Si6/c1-15-16-17-26(11,12)21-28(14,20-25(8,9)10)22-27(13,18-23(2,3)4)19-24(5,6)7/h15-16H,17H2,1-14H3. The van der Waals surface area contributed by atoms with Crippen LogP contribution in [0.5, 0.6) is 0 Å². The second-order valence-corrected chi connectivity index (χ2v) is 35.2. The highest BCUT2D eigenvalue weighted by Crippen LogP contribution is 2.30. The molecule has 0 saturated heterocycles. The van der Waals surface area contributed by atoms with E-state index in [1.54, 1.807) is 0 Å². The minimum Gasteiger partial charge on any atom is -0.417 e.